The summed E-state index contributed by atoms with van der Waals surface area (Å²) in [5.74, 6) is 0.656. The Bertz CT molecular complexity index is 572. The Morgan fingerprint density at radius 2 is 1.96 bits per heavy atom. The van der Waals surface area contributed by atoms with Crippen LogP contribution < -0.4 is 4.90 Å². The minimum atomic E-state index is -0.125. The molecule has 0 bridgehead atoms. The van der Waals surface area contributed by atoms with E-state index >= 15 is 0 Å². The van der Waals surface area contributed by atoms with Crippen LogP contribution >= 0.6 is 0 Å². The molecule has 23 heavy (non-hydrogen) atoms. The first kappa shape index (κ1) is 16.0. The molecule has 3 rings (SSSR count). The number of nitrogens with zero attached hydrogens (tertiary/aromatic N) is 2. The van der Waals surface area contributed by atoms with E-state index in [0.29, 0.717) is 18.9 Å². The van der Waals surface area contributed by atoms with Crippen molar-refractivity contribution in [2.45, 2.75) is 33.1 Å². The van der Waals surface area contributed by atoms with Crippen LogP contribution in [-0.2, 0) is 9.59 Å². The smallest absolute Gasteiger partial charge is 0.230 e. The van der Waals surface area contributed by atoms with Crippen LogP contribution in [0, 0.1) is 17.8 Å². The summed E-state index contributed by atoms with van der Waals surface area (Å²) in [5.41, 5.74) is 0.921. The predicted octanol–water partition coefficient (Wildman–Crippen LogP) is 2.93. The van der Waals surface area contributed by atoms with Crippen molar-refractivity contribution in [3.05, 3.63) is 30.3 Å². The Hall–Kier alpha value is -1.84. The van der Waals surface area contributed by atoms with Gasteiger partial charge in [-0.05, 0) is 44.2 Å². The molecule has 0 spiro atoms. The molecule has 1 saturated carbocycles. The van der Waals surface area contributed by atoms with E-state index in [1.165, 1.54) is 6.42 Å². The quantitative estimate of drug-likeness (QED) is 0.857. The highest BCUT2D eigenvalue weighted by Crippen LogP contribution is 2.42. The first-order valence-corrected chi connectivity index (χ1v) is 8.77. The molecule has 0 aromatic heterocycles. The number of carbonyl (C=O) groups excluding carboxylic acids is 2. The second kappa shape index (κ2) is 6.73. The average molecular weight is 314 g/mol. The summed E-state index contributed by atoms with van der Waals surface area (Å²) in [5, 5.41) is 0. The van der Waals surface area contributed by atoms with E-state index in [-0.39, 0.29) is 23.7 Å². The van der Waals surface area contributed by atoms with Gasteiger partial charge in [-0.2, -0.15) is 0 Å². The van der Waals surface area contributed by atoms with Gasteiger partial charge in [-0.1, -0.05) is 25.1 Å². The van der Waals surface area contributed by atoms with Gasteiger partial charge in [0.25, 0.3) is 0 Å². The molecular formula is C19H26N2O2. The van der Waals surface area contributed by atoms with E-state index in [0.717, 1.165) is 25.2 Å². The van der Waals surface area contributed by atoms with E-state index in [9.17, 15) is 9.59 Å². The highest BCUT2D eigenvalue weighted by molar-refractivity contribution is 6.01. The third-order valence-electron chi connectivity index (χ3n) is 5.04. The normalized spacial score (nSPS) is 26.7. The molecule has 0 N–H and O–H groups in total. The van der Waals surface area contributed by atoms with Crippen LogP contribution in [0.25, 0.3) is 0 Å². The molecule has 2 fully saturated rings. The topological polar surface area (TPSA) is 40.6 Å². The number of amides is 2. The van der Waals surface area contributed by atoms with Crippen LogP contribution in [-0.4, -0.2) is 36.3 Å². The van der Waals surface area contributed by atoms with Gasteiger partial charge in [0.05, 0.1) is 11.8 Å². The van der Waals surface area contributed by atoms with Gasteiger partial charge in [-0.3, -0.25) is 9.59 Å². The lowest BCUT2D eigenvalue weighted by atomic mass is 10.00. The fraction of sp³-hybridized carbons (Fsp3) is 0.579. The predicted molar refractivity (Wildman–Crippen MR) is 91.0 cm³/mol. The highest BCUT2D eigenvalue weighted by Gasteiger charge is 2.51. The summed E-state index contributed by atoms with van der Waals surface area (Å²) in [4.78, 5) is 29.2. The van der Waals surface area contributed by atoms with Crippen molar-refractivity contribution in [1.29, 1.82) is 0 Å². The number of piperidine rings is 1. The maximum atomic E-state index is 12.8. The maximum Gasteiger partial charge on any atom is 0.230 e. The fourth-order valence-electron chi connectivity index (χ4n) is 3.64. The van der Waals surface area contributed by atoms with Crippen molar-refractivity contribution in [1.82, 2.24) is 4.90 Å². The summed E-state index contributed by atoms with van der Waals surface area (Å²) in [7, 11) is 0. The summed E-state index contributed by atoms with van der Waals surface area (Å²) in [6, 6.07) is 9.73. The van der Waals surface area contributed by atoms with Crippen LogP contribution in [0.5, 0.6) is 0 Å². The Balaban J connectivity index is 1.62. The Morgan fingerprint density at radius 3 is 2.61 bits per heavy atom. The molecular weight excluding hydrogens is 288 g/mol. The molecule has 1 aliphatic heterocycles. The summed E-state index contributed by atoms with van der Waals surface area (Å²) >= 11 is 0. The Labute approximate surface area is 138 Å². The number of anilines is 1. The second-order valence-corrected chi connectivity index (χ2v) is 6.90. The molecule has 1 saturated heterocycles. The molecule has 2 amide bonds. The van der Waals surface area contributed by atoms with Gasteiger partial charge in [-0.15, -0.1) is 0 Å². The van der Waals surface area contributed by atoms with Crippen molar-refractivity contribution >= 4 is 17.5 Å². The largest absolute Gasteiger partial charge is 0.342 e. The first-order valence-electron chi connectivity index (χ1n) is 8.77. The number of benzene rings is 1. The summed E-state index contributed by atoms with van der Waals surface area (Å²) in [6.07, 6.45) is 3.00. The first-order chi connectivity index (χ1) is 11.1. The number of rotatable bonds is 4. The molecule has 3 atom stereocenters. The number of likely N-dealkylation sites (tertiary alicyclic amines) is 1. The van der Waals surface area contributed by atoms with Crippen LogP contribution in [0.3, 0.4) is 0 Å². The number of hydrogen-bond acceptors (Lipinski definition) is 2. The van der Waals surface area contributed by atoms with E-state index in [1.807, 2.05) is 42.2 Å². The van der Waals surface area contributed by atoms with Gasteiger partial charge in [-0.25, -0.2) is 0 Å². The number of hydrogen-bond donors (Lipinski definition) is 0. The molecule has 1 aromatic rings. The fourth-order valence-corrected chi connectivity index (χ4v) is 3.64. The summed E-state index contributed by atoms with van der Waals surface area (Å²) < 4.78 is 0. The zero-order valence-corrected chi connectivity index (χ0v) is 14.1. The highest BCUT2D eigenvalue weighted by atomic mass is 16.2. The molecule has 2 aliphatic rings. The van der Waals surface area contributed by atoms with Crippen LogP contribution in [0.15, 0.2) is 30.3 Å². The lowest BCUT2D eigenvalue weighted by Crippen LogP contribution is -2.41. The van der Waals surface area contributed by atoms with Crippen molar-refractivity contribution in [3.63, 3.8) is 0 Å². The van der Waals surface area contributed by atoms with Crippen molar-refractivity contribution in [2.24, 2.45) is 17.8 Å². The zero-order chi connectivity index (χ0) is 16.4. The van der Waals surface area contributed by atoms with E-state index in [1.54, 1.807) is 4.90 Å². The van der Waals surface area contributed by atoms with E-state index in [2.05, 4.69) is 6.92 Å². The molecule has 4 nitrogen and oxygen atoms in total. The van der Waals surface area contributed by atoms with Crippen molar-refractivity contribution < 1.29 is 9.59 Å². The van der Waals surface area contributed by atoms with Gasteiger partial charge in [0, 0.05) is 25.3 Å². The van der Waals surface area contributed by atoms with Crippen molar-refractivity contribution in [2.75, 3.05) is 24.5 Å². The zero-order valence-electron chi connectivity index (χ0n) is 14.1. The van der Waals surface area contributed by atoms with Gasteiger partial charge in [0.1, 0.15) is 0 Å². The van der Waals surface area contributed by atoms with Crippen LogP contribution in [0.2, 0.25) is 0 Å². The van der Waals surface area contributed by atoms with Crippen LogP contribution in [0.1, 0.15) is 33.1 Å². The van der Waals surface area contributed by atoms with Gasteiger partial charge in [0.2, 0.25) is 11.8 Å². The number of carbonyl (C=O) groups is 2. The minimum Gasteiger partial charge on any atom is -0.342 e. The number of para-hydroxylation sites is 1. The van der Waals surface area contributed by atoms with Gasteiger partial charge in [0.15, 0.2) is 0 Å². The molecule has 1 heterocycles. The lowest BCUT2D eigenvalue weighted by Gasteiger charge is -2.31. The standard InChI is InChI=1S/C19H26N2O2/c1-3-21(15-9-5-4-6-10-15)19(23)17-12-16(17)18(22)20-11-7-8-14(2)13-20/h4-6,9-10,14,16-17H,3,7-8,11-13H2,1-2H3. The molecule has 1 aliphatic carbocycles. The summed E-state index contributed by atoms with van der Waals surface area (Å²) in [6.45, 7) is 6.53. The monoisotopic (exact) mass is 314 g/mol. The van der Waals surface area contributed by atoms with Crippen LogP contribution in [0.4, 0.5) is 5.69 Å². The lowest BCUT2D eigenvalue weighted by molar-refractivity contribution is -0.135. The minimum absolute atomic E-state index is 0.0921. The maximum absolute atomic E-state index is 12.8. The van der Waals surface area contributed by atoms with Gasteiger partial charge < -0.3 is 9.80 Å². The third-order valence-corrected chi connectivity index (χ3v) is 5.04. The van der Waals surface area contributed by atoms with E-state index in [4.69, 9.17) is 0 Å². The van der Waals surface area contributed by atoms with Crippen molar-refractivity contribution in [3.8, 4) is 0 Å². The van der Waals surface area contributed by atoms with E-state index < -0.39 is 0 Å². The molecule has 0 radical (unpaired) electrons. The second-order valence-electron chi connectivity index (χ2n) is 6.90. The molecule has 124 valence electrons. The molecule has 4 heteroatoms. The Kier molecular flexibility index (Phi) is 4.69. The Morgan fingerprint density at radius 1 is 1.22 bits per heavy atom. The van der Waals surface area contributed by atoms with Gasteiger partial charge >= 0.3 is 0 Å². The molecule has 3 unspecified atom stereocenters. The average Bonchev–Trinajstić information content (AvgIpc) is 3.36. The SMILES string of the molecule is CCN(C(=O)C1CC1C(=O)N1CCCC(C)C1)c1ccccc1. The molecule has 1 aromatic carbocycles. The third kappa shape index (κ3) is 3.41.